The van der Waals surface area contributed by atoms with Crippen LogP contribution in [0, 0.1) is 5.92 Å². The number of ether oxygens (including phenoxy) is 2. The Labute approximate surface area is 178 Å². The minimum atomic E-state index is -0.629. The number of hydrogen-bond acceptors (Lipinski definition) is 5. The number of amides is 1. The van der Waals surface area contributed by atoms with Crippen molar-refractivity contribution in [3.05, 3.63) is 23.8 Å². The quantitative estimate of drug-likeness (QED) is 0.789. The highest BCUT2D eigenvalue weighted by atomic mass is 16.7. The van der Waals surface area contributed by atoms with Gasteiger partial charge in [-0.05, 0) is 49.8 Å². The van der Waals surface area contributed by atoms with E-state index in [9.17, 15) is 9.90 Å². The average Bonchev–Trinajstić information content (AvgIpc) is 3.22. The van der Waals surface area contributed by atoms with Crippen LogP contribution < -0.4 is 14.8 Å². The second-order valence-corrected chi connectivity index (χ2v) is 9.64. The summed E-state index contributed by atoms with van der Waals surface area (Å²) in [5, 5.41) is 14.7. The van der Waals surface area contributed by atoms with Crippen molar-refractivity contribution in [2.45, 2.75) is 81.9 Å². The topological polar surface area (TPSA) is 71.0 Å². The maximum absolute atomic E-state index is 12.9. The van der Waals surface area contributed by atoms with Crippen LogP contribution in [-0.2, 0) is 4.79 Å². The summed E-state index contributed by atoms with van der Waals surface area (Å²) in [5.41, 5.74) is 0.491. The summed E-state index contributed by atoms with van der Waals surface area (Å²) in [5.74, 6) is 1.80. The van der Waals surface area contributed by atoms with E-state index < -0.39 is 5.60 Å². The lowest BCUT2D eigenvalue weighted by Gasteiger charge is -2.52. The Morgan fingerprint density at radius 2 is 1.87 bits per heavy atom. The molecule has 2 heterocycles. The Hall–Kier alpha value is -1.79. The molecule has 0 bridgehead atoms. The zero-order valence-electron chi connectivity index (χ0n) is 17.8. The fraction of sp³-hybridized carbons (Fsp3) is 0.708. The number of benzene rings is 1. The Balaban J connectivity index is 1.38. The molecular weight excluding hydrogens is 380 g/mol. The number of piperidine rings is 1. The summed E-state index contributed by atoms with van der Waals surface area (Å²) >= 11 is 0. The number of rotatable bonds is 4. The number of hydrogen-bond donors (Lipinski definition) is 2. The van der Waals surface area contributed by atoms with Gasteiger partial charge >= 0.3 is 0 Å². The van der Waals surface area contributed by atoms with Crippen molar-refractivity contribution >= 4 is 5.91 Å². The molecule has 6 nitrogen and oxygen atoms in total. The highest BCUT2D eigenvalue weighted by molar-refractivity contribution is 5.78. The van der Waals surface area contributed by atoms with Crippen LogP contribution in [0.4, 0.5) is 0 Å². The molecule has 1 aromatic rings. The average molecular weight is 415 g/mol. The van der Waals surface area contributed by atoms with E-state index in [0.29, 0.717) is 12.6 Å². The maximum atomic E-state index is 12.9. The fourth-order valence-corrected chi connectivity index (χ4v) is 6.16. The van der Waals surface area contributed by atoms with E-state index in [1.54, 1.807) is 0 Å². The SMILES string of the molecule is O=C(CN1CC[C@]2(O)CCCC[C@H]2[C@@H]1c1ccc2c(c1)OCO2)NC1CCCCC1. The number of nitrogens with zero attached hydrogens (tertiary/aromatic N) is 1. The Morgan fingerprint density at radius 3 is 2.73 bits per heavy atom. The van der Waals surface area contributed by atoms with E-state index in [2.05, 4.69) is 22.3 Å². The first-order valence-corrected chi connectivity index (χ1v) is 11.8. The molecule has 2 N–H and O–H groups in total. The molecule has 4 aliphatic rings. The van der Waals surface area contributed by atoms with Crippen LogP contribution in [0.5, 0.6) is 11.5 Å². The Bertz CT molecular complexity index is 778. The maximum Gasteiger partial charge on any atom is 0.234 e. The molecule has 1 amide bonds. The predicted molar refractivity (Wildman–Crippen MR) is 113 cm³/mol. The molecule has 2 aliphatic heterocycles. The number of likely N-dealkylation sites (tertiary alicyclic amines) is 1. The molecule has 164 valence electrons. The smallest absolute Gasteiger partial charge is 0.234 e. The van der Waals surface area contributed by atoms with Crippen LogP contribution >= 0.6 is 0 Å². The van der Waals surface area contributed by atoms with E-state index in [4.69, 9.17) is 9.47 Å². The van der Waals surface area contributed by atoms with Crippen LogP contribution in [0.3, 0.4) is 0 Å². The van der Waals surface area contributed by atoms with Crippen molar-refractivity contribution in [3.8, 4) is 11.5 Å². The van der Waals surface area contributed by atoms with Crippen molar-refractivity contribution in [1.82, 2.24) is 10.2 Å². The molecule has 1 saturated heterocycles. The molecule has 0 unspecified atom stereocenters. The standard InChI is InChI=1S/C24H34N2O4/c27-22(25-18-6-2-1-3-7-18)15-26-13-12-24(28)11-5-4-8-19(24)23(26)17-9-10-20-21(14-17)30-16-29-20/h9-10,14,18-19,23,28H,1-8,11-13,15-16H2,(H,25,27)/t19-,23-,24+/m0/s1. The van der Waals surface area contributed by atoms with E-state index in [0.717, 1.165) is 68.6 Å². The van der Waals surface area contributed by atoms with Crippen molar-refractivity contribution in [2.75, 3.05) is 19.9 Å². The molecule has 0 aromatic heterocycles. The highest BCUT2D eigenvalue weighted by Gasteiger charge is 2.49. The van der Waals surface area contributed by atoms with Crippen molar-refractivity contribution in [3.63, 3.8) is 0 Å². The molecule has 2 aliphatic carbocycles. The van der Waals surface area contributed by atoms with Crippen LogP contribution in [-0.4, -0.2) is 47.4 Å². The fourth-order valence-electron chi connectivity index (χ4n) is 6.16. The number of nitrogens with one attached hydrogen (secondary N) is 1. The number of carbonyl (C=O) groups excluding carboxylic acids is 1. The Kier molecular flexibility index (Phi) is 5.63. The summed E-state index contributed by atoms with van der Waals surface area (Å²) < 4.78 is 11.1. The highest BCUT2D eigenvalue weighted by Crippen LogP contribution is 2.50. The van der Waals surface area contributed by atoms with Gasteiger partial charge in [0, 0.05) is 24.5 Å². The molecule has 30 heavy (non-hydrogen) atoms. The summed E-state index contributed by atoms with van der Waals surface area (Å²) in [7, 11) is 0. The summed E-state index contributed by atoms with van der Waals surface area (Å²) in [6.07, 6.45) is 10.7. The van der Waals surface area contributed by atoms with Gasteiger partial charge in [-0.25, -0.2) is 0 Å². The molecule has 3 atom stereocenters. The molecule has 0 spiro atoms. The van der Waals surface area contributed by atoms with E-state index >= 15 is 0 Å². The lowest BCUT2D eigenvalue weighted by Crippen LogP contribution is -2.56. The first-order chi connectivity index (χ1) is 14.6. The minimum Gasteiger partial charge on any atom is -0.454 e. The Morgan fingerprint density at radius 1 is 1.07 bits per heavy atom. The predicted octanol–water partition coefficient (Wildman–Crippen LogP) is 3.53. The molecular formula is C24H34N2O4. The third kappa shape index (κ3) is 3.92. The zero-order valence-corrected chi connectivity index (χ0v) is 17.8. The van der Waals surface area contributed by atoms with Gasteiger partial charge in [0.15, 0.2) is 11.5 Å². The van der Waals surface area contributed by atoms with Crippen molar-refractivity contribution < 1.29 is 19.4 Å². The van der Waals surface area contributed by atoms with Gasteiger partial charge in [0.25, 0.3) is 0 Å². The lowest BCUT2D eigenvalue weighted by atomic mass is 9.66. The molecule has 5 rings (SSSR count). The van der Waals surface area contributed by atoms with Crippen molar-refractivity contribution in [2.24, 2.45) is 5.92 Å². The van der Waals surface area contributed by atoms with Gasteiger partial charge in [0.2, 0.25) is 12.7 Å². The largest absolute Gasteiger partial charge is 0.454 e. The van der Waals surface area contributed by atoms with E-state index in [1.165, 1.54) is 19.3 Å². The van der Waals surface area contributed by atoms with Crippen LogP contribution in [0.15, 0.2) is 18.2 Å². The van der Waals surface area contributed by atoms with Gasteiger partial charge in [-0.2, -0.15) is 0 Å². The number of fused-ring (bicyclic) bond motifs is 2. The normalized spacial score (nSPS) is 31.9. The first-order valence-electron chi connectivity index (χ1n) is 11.8. The van der Waals surface area contributed by atoms with Crippen LogP contribution in [0.25, 0.3) is 0 Å². The van der Waals surface area contributed by atoms with Gasteiger partial charge in [0.1, 0.15) is 0 Å². The van der Waals surface area contributed by atoms with Gasteiger partial charge in [-0.3, -0.25) is 9.69 Å². The number of carbonyl (C=O) groups is 1. The summed E-state index contributed by atoms with van der Waals surface area (Å²) in [6, 6.07) is 6.46. The summed E-state index contributed by atoms with van der Waals surface area (Å²) in [4.78, 5) is 15.2. The lowest BCUT2D eigenvalue weighted by molar-refractivity contribution is -0.138. The molecule has 3 fully saturated rings. The van der Waals surface area contributed by atoms with Crippen molar-refractivity contribution in [1.29, 1.82) is 0 Å². The van der Waals surface area contributed by atoms with Crippen LogP contribution in [0.2, 0.25) is 0 Å². The molecule has 0 radical (unpaired) electrons. The minimum absolute atomic E-state index is 0.0238. The third-order valence-electron chi connectivity index (χ3n) is 7.73. The van der Waals surface area contributed by atoms with Gasteiger partial charge in [0.05, 0.1) is 12.1 Å². The molecule has 1 aromatic carbocycles. The summed E-state index contributed by atoms with van der Waals surface area (Å²) in [6.45, 7) is 1.39. The van der Waals surface area contributed by atoms with Crippen LogP contribution in [0.1, 0.15) is 75.8 Å². The van der Waals surface area contributed by atoms with E-state index in [1.807, 2.05) is 6.07 Å². The van der Waals surface area contributed by atoms with Gasteiger partial charge < -0.3 is 19.9 Å². The number of aliphatic hydroxyl groups is 1. The molecule has 6 heteroatoms. The second kappa shape index (κ2) is 8.39. The van der Waals surface area contributed by atoms with E-state index in [-0.39, 0.29) is 24.7 Å². The zero-order chi connectivity index (χ0) is 20.6. The monoisotopic (exact) mass is 414 g/mol. The molecule has 2 saturated carbocycles. The third-order valence-corrected chi connectivity index (χ3v) is 7.73. The first kappa shape index (κ1) is 20.1. The van der Waals surface area contributed by atoms with Gasteiger partial charge in [-0.15, -0.1) is 0 Å². The van der Waals surface area contributed by atoms with Gasteiger partial charge in [-0.1, -0.05) is 38.2 Å². The second-order valence-electron chi connectivity index (χ2n) is 9.64.